The summed E-state index contributed by atoms with van der Waals surface area (Å²) in [5.74, 6) is -1.94. The van der Waals surface area contributed by atoms with E-state index in [-0.39, 0.29) is 36.5 Å². The van der Waals surface area contributed by atoms with E-state index in [0.29, 0.717) is 61.3 Å². The van der Waals surface area contributed by atoms with E-state index in [1.807, 2.05) is 36.4 Å². The molecular weight excluding hydrogens is 638 g/mol. The largest absolute Gasteiger partial charge is 0.330 e. The van der Waals surface area contributed by atoms with E-state index in [1.165, 1.54) is 21.9 Å². The number of amides is 4. The van der Waals surface area contributed by atoms with Gasteiger partial charge < -0.3 is 20.4 Å². The number of carbonyl (C=O) groups excluding carboxylic acids is 4. The molecule has 2 aliphatic heterocycles. The fourth-order valence-corrected chi connectivity index (χ4v) is 6.49. The molecule has 0 radical (unpaired) electrons. The number of rotatable bonds is 10. The first kappa shape index (κ1) is 34.2. The lowest BCUT2D eigenvalue weighted by atomic mass is 10.1. The summed E-state index contributed by atoms with van der Waals surface area (Å²) in [4.78, 5) is 55.1. The molecule has 4 amide bonds. The molecule has 0 aliphatic carbocycles. The first-order valence-electron chi connectivity index (χ1n) is 16.8. The van der Waals surface area contributed by atoms with Gasteiger partial charge in [-0.25, -0.2) is 8.78 Å². The molecule has 10 heteroatoms. The fraction of sp³-hybridized carbons (Fsp3) is 0.250. The maximum Gasteiger partial charge on any atom is 0.247 e. The van der Waals surface area contributed by atoms with Crippen molar-refractivity contribution in [1.29, 1.82) is 0 Å². The Morgan fingerprint density at radius 1 is 0.580 bits per heavy atom. The minimum absolute atomic E-state index is 0.0874. The number of anilines is 2. The highest BCUT2D eigenvalue weighted by molar-refractivity contribution is 5.98. The molecule has 256 valence electrons. The summed E-state index contributed by atoms with van der Waals surface area (Å²) < 4.78 is 28.1. The third kappa shape index (κ3) is 8.31. The first-order valence-corrected chi connectivity index (χ1v) is 16.8. The van der Waals surface area contributed by atoms with Gasteiger partial charge in [0.2, 0.25) is 23.6 Å². The van der Waals surface area contributed by atoms with Crippen LogP contribution < -0.4 is 10.6 Å². The van der Waals surface area contributed by atoms with E-state index in [4.69, 9.17) is 0 Å². The van der Waals surface area contributed by atoms with E-state index in [9.17, 15) is 28.0 Å². The maximum atomic E-state index is 14.1. The summed E-state index contributed by atoms with van der Waals surface area (Å²) in [5, 5.41) is 5.81. The zero-order valence-corrected chi connectivity index (χ0v) is 27.5. The topological polar surface area (TPSA) is 98.8 Å². The highest BCUT2D eigenvalue weighted by atomic mass is 19.1. The molecule has 6 rings (SSSR count). The molecule has 4 aromatic carbocycles. The highest BCUT2D eigenvalue weighted by Gasteiger charge is 2.35. The van der Waals surface area contributed by atoms with Crippen LogP contribution in [0.1, 0.15) is 47.9 Å². The summed E-state index contributed by atoms with van der Waals surface area (Å²) >= 11 is 0. The molecule has 2 heterocycles. The minimum atomic E-state index is -0.605. The molecule has 2 atom stereocenters. The van der Waals surface area contributed by atoms with Gasteiger partial charge in [0.05, 0.1) is 12.8 Å². The molecule has 2 saturated heterocycles. The van der Waals surface area contributed by atoms with Gasteiger partial charge in [0.25, 0.3) is 0 Å². The number of halogens is 2. The van der Waals surface area contributed by atoms with E-state index < -0.39 is 23.7 Å². The molecule has 0 aromatic heterocycles. The lowest BCUT2D eigenvalue weighted by Gasteiger charge is -2.24. The zero-order chi connectivity index (χ0) is 35.0. The molecule has 2 N–H and O–H groups in total. The number of benzene rings is 4. The Hall–Kier alpha value is -5.64. The third-order valence-electron chi connectivity index (χ3n) is 9.18. The van der Waals surface area contributed by atoms with Crippen LogP contribution in [0.25, 0.3) is 12.2 Å². The molecule has 2 aliphatic rings. The Morgan fingerprint density at radius 3 is 1.34 bits per heavy atom. The van der Waals surface area contributed by atoms with Crippen molar-refractivity contribution in [3.05, 3.63) is 131 Å². The van der Waals surface area contributed by atoms with Crippen LogP contribution in [0.2, 0.25) is 0 Å². The second-order valence-electron chi connectivity index (χ2n) is 12.6. The Bertz CT molecular complexity index is 1760. The smallest absolute Gasteiger partial charge is 0.247 e. The van der Waals surface area contributed by atoms with Crippen molar-refractivity contribution in [1.82, 2.24) is 9.80 Å². The van der Waals surface area contributed by atoms with Crippen LogP contribution in [-0.2, 0) is 32.0 Å². The van der Waals surface area contributed by atoms with Crippen molar-refractivity contribution in [2.45, 2.75) is 50.6 Å². The first-order chi connectivity index (χ1) is 24.2. The van der Waals surface area contributed by atoms with Crippen LogP contribution in [0, 0.1) is 11.6 Å². The number of nitrogens with one attached hydrogen (secondary N) is 2. The Kier molecular flexibility index (Phi) is 10.8. The third-order valence-corrected chi connectivity index (χ3v) is 9.18. The van der Waals surface area contributed by atoms with Gasteiger partial charge in [0.15, 0.2) is 0 Å². The van der Waals surface area contributed by atoms with Crippen LogP contribution in [0.3, 0.4) is 0 Å². The van der Waals surface area contributed by atoms with Crippen molar-refractivity contribution in [3.8, 4) is 0 Å². The second-order valence-corrected chi connectivity index (χ2v) is 12.6. The summed E-state index contributed by atoms with van der Waals surface area (Å²) in [6, 6.07) is 25.8. The highest BCUT2D eigenvalue weighted by Crippen LogP contribution is 2.24. The van der Waals surface area contributed by atoms with Gasteiger partial charge >= 0.3 is 0 Å². The summed E-state index contributed by atoms with van der Waals surface area (Å²) in [5.41, 5.74) is 3.66. The molecule has 0 saturated carbocycles. The number of carbonyl (C=O) groups is 4. The molecule has 0 unspecified atom stereocenters. The molecule has 0 bridgehead atoms. The van der Waals surface area contributed by atoms with Crippen molar-refractivity contribution in [2.24, 2.45) is 0 Å². The van der Waals surface area contributed by atoms with Crippen molar-refractivity contribution in [2.75, 3.05) is 23.7 Å². The van der Waals surface area contributed by atoms with Gasteiger partial charge in [-0.1, -0.05) is 72.8 Å². The number of hydrogen-bond donors (Lipinski definition) is 2. The molecule has 50 heavy (non-hydrogen) atoms. The standard InChI is InChI=1S/C40H38F2N4O4/c41-33-9-3-1-7-29(33)25-37(47)45-23-5-11-35(45)39(49)43-31-19-15-27(16-20-31)13-14-28-17-21-32(22-18-28)44-40(50)36-12-6-24-46(36)38(48)26-30-8-2-4-10-34(30)42/h1-4,7-10,13-22,35-36H,5-6,11-12,23-26H2,(H,43,49)(H,44,50)/b14-13+/t35-,36-/m0/s1. The molecule has 2 fully saturated rings. The predicted octanol–water partition coefficient (Wildman–Crippen LogP) is 6.48. The Labute approximate surface area is 289 Å². The fourth-order valence-electron chi connectivity index (χ4n) is 6.49. The quantitative estimate of drug-likeness (QED) is 0.188. The second kappa shape index (κ2) is 15.7. The number of likely N-dealkylation sites (tertiary alicyclic amines) is 2. The van der Waals surface area contributed by atoms with Gasteiger partial charge in [-0.3, -0.25) is 19.2 Å². The van der Waals surface area contributed by atoms with Crippen LogP contribution in [-0.4, -0.2) is 58.6 Å². The van der Waals surface area contributed by atoms with Gasteiger partial charge in [-0.2, -0.15) is 0 Å². The molecule has 8 nitrogen and oxygen atoms in total. The van der Waals surface area contributed by atoms with Gasteiger partial charge in [-0.05, 0) is 84.3 Å². The van der Waals surface area contributed by atoms with Crippen LogP contribution in [0.5, 0.6) is 0 Å². The average molecular weight is 677 g/mol. The van der Waals surface area contributed by atoms with Crippen molar-refractivity contribution >= 4 is 47.2 Å². The summed E-state index contributed by atoms with van der Waals surface area (Å²) in [7, 11) is 0. The molecule has 0 spiro atoms. The van der Waals surface area contributed by atoms with Crippen LogP contribution in [0.4, 0.5) is 20.2 Å². The normalized spacial score (nSPS) is 17.2. The van der Waals surface area contributed by atoms with Gasteiger partial charge in [0, 0.05) is 24.5 Å². The lowest BCUT2D eigenvalue weighted by Crippen LogP contribution is -2.43. The van der Waals surface area contributed by atoms with Crippen LogP contribution >= 0.6 is 0 Å². The average Bonchev–Trinajstić information content (AvgIpc) is 3.82. The monoisotopic (exact) mass is 676 g/mol. The molecule has 4 aromatic rings. The minimum Gasteiger partial charge on any atom is -0.330 e. The molecular formula is C40H38F2N4O4. The van der Waals surface area contributed by atoms with E-state index >= 15 is 0 Å². The SMILES string of the molecule is O=C(Nc1ccc(/C=C/c2ccc(NC(=O)[C@@H]3CCCN3C(=O)Cc3ccccc3F)cc2)cc1)[C@@H]1CCCN1C(=O)Cc1ccccc1F. The van der Waals surface area contributed by atoms with Gasteiger partial charge in [-0.15, -0.1) is 0 Å². The summed E-state index contributed by atoms with van der Waals surface area (Å²) in [6.07, 6.45) is 6.19. The Morgan fingerprint density at radius 2 is 0.960 bits per heavy atom. The van der Waals surface area contributed by atoms with Gasteiger partial charge in [0.1, 0.15) is 23.7 Å². The maximum absolute atomic E-state index is 14.1. The number of nitrogens with zero attached hydrogens (tertiary/aromatic N) is 2. The lowest BCUT2D eigenvalue weighted by molar-refractivity contribution is -0.136. The van der Waals surface area contributed by atoms with E-state index in [1.54, 1.807) is 60.7 Å². The summed E-state index contributed by atoms with van der Waals surface area (Å²) in [6.45, 7) is 0.919. The van der Waals surface area contributed by atoms with Crippen molar-refractivity contribution < 1.29 is 28.0 Å². The van der Waals surface area contributed by atoms with E-state index in [2.05, 4.69) is 10.6 Å². The van der Waals surface area contributed by atoms with Crippen molar-refractivity contribution in [3.63, 3.8) is 0 Å². The van der Waals surface area contributed by atoms with E-state index in [0.717, 1.165) is 11.1 Å². The van der Waals surface area contributed by atoms with Crippen LogP contribution in [0.15, 0.2) is 97.1 Å². The Balaban J connectivity index is 0.989. The predicted molar refractivity (Wildman–Crippen MR) is 189 cm³/mol. The number of hydrogen-bond acceptors (Lipinski definition) is 4. The zero-order valence-electron chi connectivity index (χ0n) is 27.5.